The molecule has 1 N–H and O–H groups in total. The summed E-state index contributed by atoms with van der Waals surface area (Å²) in [6, 6.07) is 20.1. The van der Waals surface area contributed by atoms with E-state index in [0.29, 0.717) is 17.8 Å². The molecule has 0 radical (unpaired) electrons. The van der Waals surface area contributed by atoms with Crippen molar-refractivity contribution < 1.29 is 24.2 Å². The molecule has 280 valence electrons. The molecule has 0 saturated carbocycles. The van der Waals surface area contributed by atoms with Crippen LogP contribution >= 0.6 is 0 Å². The summed E-state index contributed by atoms with van der Waals surface area (Å²) in [5, 5.41) is 8.66. The first kappa shape index (κ1) is 46.6. The van der Waals surface area contributed by atoms with Crippen molar-refractivity contribution in [1.29, 1.82) is 0 Å². The Morgan fingerprint density at radius 3 is 1.31 bits per heavy atom. The third-order valence-electron chi connectivity index (χ3n) is 8.33. The Hall–Kier alpha value is -4.38. The van der Waals surface area contributed by atoms with E-state index in [9.17, 15) is 9.59 Å². The van der Waals surface area contributed by atoms with Crippen LogP contribution in [0.4, 0.5) is 0 Å². The molecule has 0 aliphatic heterocycles. The molecule has 51 heavy (non-hydrogen) atoms. The summed E-state index contributed by atoms with van der Waals surface area (Å²) in [6.07, 6.45) is 0. The first-order valence-electron chi connectivity index (χ1n) is 17.7. The highest BCUT2D eigenvalue weighted by Crippen LogP contribution is 2.37. The number of aromatic carboxylic acids is 1. The lowest BCUT2D eigenvalue weighted by Crippen LogP contribution is -2.06. The van der Waals surface area contributed by atoms with E-state index >= 15 is 0 Å². The van der Waals surface area contributed by atoms with E-state index in [1.54, 1.807) is 13.0 Å². The second-order valence-corrected chi connectivity index (χ2v) is 14.2. The number of hydrogen-bond acceptors (Lipinski definition) is 4. The van der Waals surface area contributed by atoms with Crippen LogP contribution in [0.5, 0.6) is 11.5 Å². The van der Waals surface area contributed by atoms with E-state index in [1.165, 1.54) is 67.8 Å². The predicted octanol–water partition coefficient (Wildman–Crippen LogP) is 12.9. The van der Waals surface area contributed by atoms with Gasteiger partial charge in [-0.25, -0.2) is 4.79 Å². The van der Waals surface area contributed by atoms with Crippen LogP contribution in [-0.2, 0) is 4.79 Å². The molecule has 4 rings (SSSR count). The molecule has 0 fully saturated rings. The Balaban J connectivity index is 0.000000673. The topological polar surface area (TPSA) is 72.8 Å². The lowest BCUT2D eigenvalue weighted by Gasteiger charge is -2.22. The van der Waals surface area contributed by atoms with Crippen molar-refractivity contribution in [2.45, 2.75) is 129 Å². The Morgan fingerprint density at radius 2 is 1.00 bits per heavy atom. The molecule has 0 heterocycles. The monoisotopic (exact) mass is 698 g/mol. The second-order valence-electron chi connectivity index (χ2n) is 14.2. The quantitative estimate of drug-likeness (QED) is 0.185. The molecule has 4 aromatic rings. The minimum Gasteiger partial charge on any atom is -0.493 e. The maximum absolute atomic E-state index is 10.6. The minimum atomic E-state index is -1.04. The van der Waals surface area contributed by atoms with Crippen LogP contribution in [0.2, 0.25) is 0 Å². The van der Waals surface area contributed by atoms with Gasteiger partial charge in [0.25, 0.3) is 6.47 Å². The molecule has 0 saturated heterocycles. The molecule has 0 amide bonds. The van der Waals surface area contributed by atoms with Gasteiger partial charge >= 0.3 is 5.97 Å². The molecule has 0 aromatic heterocycles. The maximum Gasteiger partial charge on any atom is 0.335 e. The summed E-state index contributed by atoms with van der Waals surface area (Å²) in [5.41, 5.74) is 14.6. The Bertz CT molecular complexity index is 1560. The van der Waals surface area contributed by atoms with Crippen LogP contribution in [0.1, 0.15) is 145 Å². The number of carbonyl (C=O) groups is 2. The van der Waals surface area contributed by atoms with Gasteiger partial charge in [-0.15, -0.1) is 0 Å². The number of ether oxygens (including phenoxy) is 2. The Morgan fingerprint density at radius 1 is 0.608 bits per heavy atom. The zero-order valence-electron chi connectivity index (χ0n) is 33.4. The van der Waals surface area contributed by atoms with Crippen LogP contribution in [0.3, 0.4) is 0 Å². The van der Waals surface area contributed by atoms with Gasteiger partial charge in [0.2, 0.25) is 0 Å². The fraction of sp³-hybridized carbons (Fsp3) is 0.435. The average Bonchev–Trinajstić information content (AvgIpc) is 3.00. The van der Waals surface area contributed by atoms with Gasteiger partial charge in [-0.3, -0.25) is 4.79 Å². The van der Waals surface area contributed by atoms with Gasteiger partial charge < -0.3 is 14.6 Å². The first-order chi connectivity index (χ1) is 23.3. The van der Waals surface area contributed by atoms with Gasteiger partial charge in [-0.2, -0.15) is 0 Å². The van der Waals surface area contributed by atoms with Crippen LogP contribution in [0.25, 0.3) is 0 Å². The number of rotatable bonds is 8. The maximum atomic E-state index is 10.6. The summed E-state index contributed by atoms with van der Waals surface area (Å²) < 4.78 is 10.5. The van der Waals surface area contributed by atoms with E-state index in [0.717, 1.165) is 17.9 Å². The van der Waals surface area contributed by atoms with Gasteiger partial charge in [0.1, 0.15) is 11.5 Å². The van der Waals surface area contributed by atoms with Gasteiger partial charge in [0, 0.05) is 0 Å². The summed E-state index contributed by atoms with van der Waals surface area (Å²) in [7, 11) is 0. The molecular weight excluding hydrogens is 633 g/mol. The summed E-state index contributed by atoms with van der Waals surface area (Å²) in [4.78, 5) is 20.6. The van der Waals surface area contributed by atoms with Gasteiger partial charge in [-0.1, -0.05) is 108 Å². The van der Waals surface area contributed by atoms with Gasteiger partial charge in [-0.05, 0) is 143 Å². The highest BCUT2D eigenvalue weighted by atomic mass is 16.5. The minimum absolute atomic E-state index is 0. The summed E-state index contributed by atoms with van der Waals surface area (Å²) >= 11 is 0. The highest BCUT2D eigenvalue weighted by molar-refractivity contribution is 5.88. The molecule has 0 unspecified atom stereocenters. The van der Waals surface area contributed by atoms with Crippen molar-refractivity contribution in [3.05, 3.63) is 127 Å². The third-order valence-corrected chi connectivity index (χ3v) is 8.33. The lowest BCUT2D eigenvalue weighted by atomic mass is 9.88. The fourth-order valence-corrected chi connectivity index (χ4v) is 5.50. The number of carboxylic acid groups (broad SMARTS) is 1. The second kappa shape index (κ2) is 22.4. The van der Waals surface area contributed by atoms with E-state index in [2.05, 4.69) is 144 Å². The van der Waals surface area contributed by atoms with E-state index in [4.69, 9.17) is 9.84 Å². The SMILES string of the molecule is C.CCOc1c(C(C)C)cc(C(C)C)cc1C(C)C.Cc1cc(C)c(C)cc1C.Cc1cc(C)cc(C)c1.Cc1cc(OC=O)cc(C(=O)O)c1. The largest absolute Gasteiger partial charge is 0.493 e. The van der Waals surface area contributed by atoms with Gasteiger partial charge in [0.15, 0.2) is 0 Å². The zero-order chi connectivity index (χ0) is 38.3. The average molecular weight is 699 g/mol. The van der Waals surface area contributed by atoms with Crippen molar-refractivity contribution in [3.8, 4) is 11.5 Å². The third kappa shape index (κ3) is 16.0. The normalized spacial score (nSPS) is 10.2. The molecule has 5 nitrogen and oxygen atoms in total. The summed E-state index contributed by atoms with van der Waals surface area (Å²) in [6.45, 7) is 33.3. The molecule has 4 aromatic carbocycles. The lowest BCUT2D eigenvalue weighted by molar-refractivity contribution is -0.120. The van der Waals surface area contributed by atoms with Gasteiger partial charge in [0.05, 0.1) is 12.2 Å². The van der Waals surface area contributed by atoms with Crippen molar-refractivity contribution in [2.75, 3.05) is 6.61 Å². The van der Waals surface area contributed by atoms with Crippen molar-refractivity contribution >= 4 is 12.4 Å². The van der Waals surface area contributed by atoms with E-state index < -0.39 is 5.97 Å². The van der Waals surface area contributed by atoms with Crippen LogP contribution in [0, 0.1) is 55.4 Å². The van der Waals surface area contributed by atoms with Crippen LogP contribution < -0.4 is 9.47 Å². The van der Waals surface area contributed by atoms with Crippen LogP contribution in [0.15, 0.2) is 60.7 Å². The van der Waals surface area contributed by atoms with E-state index in [1.807, 2.05) is 0 Å². The van der Waals surface area contributed by atoms with Crippen molar-refractivity contribution in [2.24, 2.45) is 0 Å². The standard InChI is InChI=1S/C17H28O.C10H14.C9H8O4.C9H12.CH4/c1-8-18-17-15(12(4)5)9-14(11(2)3)10-16(17)13(6)7;1-7-5-9(3)10(4)6-8(7)2;1-6-2-7(9(11)12)4-8(3-6)13-5-10;1-7-4-8(2)6-9(3)5-7;/h9-13H,8H2,1-7H3;5-6H,1-4H3;2-5H,1H3,(H,11,12);4-6H,1-3H3;1H4. The Kier molecular flexibility index (Phi) is 20.5. The van der Waals surface area contributed by atoms with Crippen molar-refractivity contribution in [1.82, 2.24) is 0 Å². The zero-order valence-corrected chi connectivity index (χ0v) is 33.4. The number of benzene rings is 4. The Labute approximate surface area is 310 Å². The molecule has 0 bridgehead atoms. The number of carboxylic acids is 1. The fourth-order valence-electron chi connectivity index (χ4n) is 5.50. The molecule has 0 spiro atoms. The number of aryl methyl sites for hydroxylation is 8. The first-order valence-corrected chi connectivity index (χ1v) is 17.7. The molecule has 0 aliphatic carbocycles. The predicted molar refractivity (Wildman–Crippen MR) is 217 cm³/mol. The van der Waals surface area contributed by atoms with Crippen molar-refractivity contribution in [3.63, 3.8) is 0 Å². The number of hydrogen-bond donors (Lipinski definition) is 1. The smallest absolute Gasteiger partial charge is 0.335 e. The molecular formula is C46H66O5. The molecule has 5 heteroatoms. The van der Waals surface area contributed by atoms with Crippen LogP contribution in [-0.4, -0.2) is 24.2 Å². The highest BCUT2D eigenvalue weighted by Gasteiger charge is 2.18. The summed E-state index contributed by atoms with van der Waals surface area (Å²) in [5.74, 6) is 1.89. The van der Waals surface area contributed by atoms with E-state index in [-0.39, 0.29) is 25.2 Å². The molecule has 0 aliphatic rings. The molecule has 0 atom stereocenters. The number of carbonyl (C=O) groups excluding carboxylic acids is 1.